The van der Waals surface area contributed by atoms with Crippen LogP contribution in [0.15, 0.2) is 67.0 Å². The van der Waals surface area contributed by atoms with Crippen LogP contribution in [0.1, 0.15) is 15.9 Å². The van der Waals surface area contributed by atoms with Crippen molar-refractivity contribution < 1.29 is 14.3 Å². The fourth-order valence-corrected chi connectivity index (χ4v) is 2.61. The van der Waals surface area contributed by atoms with Crippen molar-refractivity contribution >= 4 is 11.9 Å². The lowest BCUT2D eigenvalue weighted by atomic mass is 10.1. The maximum Gasteiger partial charge on any atom is 0.254 e. The fraction of sp³-hybridized carbons (Fsp3) is 0.227. The number of methoxy groups -OCH3 is 1. The highest BCUT2D eigenvalue weighted by Gasteiger charge is 2.06. The van der Waals surface area contributed by atoms with Crippen LogP contribution in [0.2, 0.25) is 0 Å². The Morgan fingerprint density at radius 3 is 2.31 bits per heavy atom. The number of nitrogens with zero attached hydrogens (tertiary/aromatic N) is 2. The maximum absolute atomic E-state index is 12.2. The zero-order valence-electron chi connectivity index (χ0n) is 16.3. The lowest BCUT2D eigenvalue weighted by Gasteiger charge is -2.09. The molecule has 29 heavy (non-hydrogen) atoms. The summed E-state index contributed by atoms with van der Waals surface area (Å²) in [6.45, 7) is 1.55. The largest absolute Gasteiger partial charge is 0.497 e. The molecule has 150 valence electrons. The molecular formula is C22H24N4O3. The molecule has 0 spiro atoms. The predicted octanol–water partition coefficient (Wildman–Crippen LogP) is 2.95. The van der Waals surface area contributed by atoms with Gasteiger partial charge in [-0.2, -0.15) is 0 Å². The van der Waals surface area contributed by atoms with Crippen molar-refractivity contribution in [2.24, 2.45) is 0 Å². The van der Waals surface area contributed by atoms with Crippen LogP contribution >= 0.6 is 0 Å². The Hall–Kier alpha value is -3.61. The smallest absolute Gasteiger partial charge is 0.254 e. The first-order valence-corrected chi connectivity index (χ1v) is 9.39. The predicted molar refractivity (Wildman–Crippen MR) is 111 cm³/mol. The molecule has 7 nitrogen and oxygen atoms in total. The van der Waals surface area contributed by atoms with Gasteiger partial charge in [-0.15, -0.1) is 0 Å². The average molecular weight is 392 g/mol. The van der Waals surface area contributed by atoms with Crippen LogP contribution in [0.5, 0.6) is 11.5 Å². The minimum atomic E-state index is -0.185. The van der Waals surface area contributed by atoms with Crippen LogP contribution in [0.25, 0.3) is 0 Å². The molecule has 1 aromatic heterocycles. The Bertz CT molecular complexity index is 884. The van der Waals surface area contributed by atoms with E-state index < -0.39 is 0 Å². The SMILES string of the molecule is COc1ccc(OCCNc2ncc(C(=O)NCCc3ccccc3)cn2)cc1. The van der Waals surface area contributed by atoms with Crippen molar-refractivity contribution in [1.29, 1.82) is 0 Å². The Morgan fingerprint density at radius 2 is 1.62 bits per heavy atom. The van der Waals surface area contributed by atoms with E-state index in [4.69, 9.17) is 9.47 Å². The molecule has 1 amide bonds. The van der Waals surface area contributed by atoms with Crippen LogP contribution in [0.4, 0.5) is 5.95 Å². The summed E-state index contributed by atoms with van der Waals surface area (Å²) in [5.41, 5.74) is 1.61. The van der Waals surface area contributed by atoms with Crippen LogP contribution in [0, 0.1) is 0 Å². The van der Waals surface area contributed by atoms with Crippen molar-refractivity contribution in [1.82, 2.24) is 15.3 Å². The fourth-order valence-electron chi connectivity index (χ4n) is 2.61. The first-order valence-electron chi connectivity index (χ1n) is 9.39. The number of hydrogen-bond acceptors (Lipinski definition) is 6. The summed E-state index contributed by atoms with van der Waals surface area (Å²) in [6, 6.07) is 17.4. The molecule has 0 saturated heterocycles. The van der Waals surface area contributed by atoms with Crippen molar-refractivity contribution in [3.8, 4) is 11.5 Å². The average Bonchev–Trinajstić information content (AvgIpc) is 2.78. The minimum absolute atomic E-state index is 0.185. The molecule has 0 aliphatic rings. The summed E-state index contributed by atoms with van der Waals surface area (Å²) >= 11 is 0. The standard InChI is InChI=1S/C22H24N4O3/c1-28-19-7-9-20(10-8-19)29-14-13-24-22-25-15-18(16-26-22)21(27)23-12-11-17-5-3-2-4-6-17/h2-10,15-16H,11-14H2,1H3,(H,23,27)(H,24,25,26). The molecule has 1 heterocycles. The Balaban J connectivity index is 1.37. The second-order valence-electron chi connectivity index (χ2n) is 6.24. The summed E-state index contributed by atoms with van der Waals surface area (Å²) < 4.78 is 10.7. The van der Waals surface area contributed by atoms with Crippen molar-refractivity contribution in [2.75, 3.05) is 32.1 Å². The molecule has 0 radical (unpaired) electrons. The highest BCUT2D eigenvalue weighted by molar-refractivity contribution is 5.93. The van der Waals surface area contributed by atoms with Crippen molar-refractivity contribution in [2.45, 2.75) is 6.42 Å². The lowest BCUT2D eigenvalue weighted by Crippen LogP contribution is -2.26. The Morgan fingerprint density at radius 1 is 0.931 bits per heavy atom. The number of carbonyl (C=O) groups is 1. The van der Waals surface area contributed by atoms with Gasteiger partial charge < -0.3 is 20.1 Å². The maximum atomic E-state index is 12.2. The lowest BCUT2D eigenvalue weighted by molar-refractivity contribution is 0.0953. The van der Waals surface area contributed by atoms with Gasteiger partial charge >= 0.3 is 0 Å². The zero-order valence-corrected chi connectivity index (χ0v) is 16.3. The molecule has 0 saturated carbocycles. The van der Waals surface area contributed by atoms with Gasteiger partial charge in [0.15, 0.2) is 0 Å². The molecule has 0 atom stereocenters. The normalized spacial score (nSPS) is 10.2. The number of hydrogen-bond donors (Lipinski definition) is 2. The number of carbonyl (C=O) groups excluding carboxylic acids is 1. The van der Waals surface area contributed by atoms with Crippen LogP contribution in [-0.2, 0) is 6.42 Å². The molecule has 0 bridgehead atoms. The van der Waals surface area contributed by atoms with E-state index in [-0.39, 0.29) is 5.91 Å². The van der Waals surface area contributed by atoms with E-state index in [0.29, 0.717) is 31.2 Å². The van der Waals surface area contributed by atoms with Gasteiger partial charge in [0.1, 0.15) is 18.1 Å². The first-order chi connectivity index (χ1) is 14.2. The third kappa shape index (κ3) is 6.49. The van der Waals surface area contributed by atoms with Gasteiger partial charge in [-0.05, 0) is 36.2 Å². The molecule has 0 fully saturated rings. The summed E-state index contributed by atoms with van der Waals surface area (Å²) in [4.78, 5) is 20.5. The molecule has 0 aliphatic carbocycles. The molecule has 2 aromatic carbocycles. The topological polar surface area (TPSA) is 85.4 Å². The number of anilines is 1. The van der Waals surface area contributed by atoms with Gasteiger partial charge in [0.05, 0.1) is 19.2 Å². The molecule has 0 aliphatic heterocycles. The summed E-state index contributed by atoms with van der Waals surface area (Å²) in [7, 11) is 1.62. The van der Waals surface area contributed by atoms with Crippen molar-refractivity contribution in [3.63, 3.8) is 0 Å². The third-order valence-corrected chi connectivity index (χ3v) is 4.17. The molecular weight excluding hydrogens is 368 g/mol. The number of amides is 1. The van der Waals surface area contributed by atoms with Gasteiger partial charge in [-0.1, -0.05) is 30.3 Å². The van der Waals surface area contributed by atoms with E-state index >= 15 is 0 Å². The zero-order chi connectivity index (χ0) is 20.3. The number of benzene rings is 2. The van der Waals surface area contributed by atoms with E-state index in [1.165, 1.54) is 18.0 Å². The van der Waals surface area contributed by atoms with Crippen molar-refractivity contribution in [3.05, 3.63) is 78.1 Å². The van der Waals surface area contributed by atoms with E-state index in [2.05, 4.69) is 20.6 Å². The quantitative estimate of drug-likeness (QED) is 0.516. The second kappa shape index (κ2) is 10.7. The summed E-state index contributed by atoms with van der Waals surface area (Å²) in [5, 5.41) is 5.94. The number of rotatable bonds is 10. The third-order valence-electron chi connectivity index (χ3n) is 4.17. The Labute approximate surface area is 170 Å². The minimum Gasteiger partial charge on any atom is -0.497 e. The Kier molecular flexibility index (Phi) is 7.40. The van der Waals surface area contributed by atoms with Gasteiger partial charge in [-0.3, -0.25) is 4.79 Å². The highest BCUT2D eigenvalue weighted by atomic mass is 16.5. The molecule has 3 rings (SSSR count). The van der Waals surface area contributed by atoms with Gasteiger partial charge in [0, 0.05) is 18.9 Å². The number of aromatic nitrogens is 2. The first kappa shape index (κ1) is 20.1. The second-order valence-corrected chi connectivity index (χ2v) is 6.24. The van der Waals surface area contributed by atoms with Gasteiger partial charge in [0.2, 0.25) is 5.95 Å². The van der Waals surface area contributed by atoms with Crippen LogP contribution in [-0.4, -0.2) is 42.7 Å². The molecule has 3 aromatic rings. The van der Waals surface area contributed by atoms with Gasteiger partial charge in [-0.25, -0.2) is 9.97 Å². The van der Waals surface area contributed by atoms with E-state index in [0.717, 1.165) is 17.9 Å². The van der Waals surface area contributed by atoms with E-state index in [9.17, 15) is 4.79 Å². The summed E-state index contributed by atoms with van der Waals surface area (Å²) in [5.74, 6) is 1.81. The highest BCUT2D eigenvalue weighted by Crippen LogP contribution is 2.16. The summed E-state index contributed by atoms with van der Waals surface area (Å²) in [6.07, 6.45) is 3.80. The monoisotopic (exact) mass is 392 g/mol. The molecule has 2 N–H and O–H groups in total. The van der Waals surface area contributed by atoms with Crippen LogP contribution < -0.4 is 20.1 Å². The van der Waals surface area contributed by atoms with E-state index in [1.807, 2.05) is 54.6 Å². The van der Waals surface area contributed by atoms with E-state index in [1.54, 1.807) is 7.11 Å². The number of ether oxygens (including phenoxy) is 2. The number of nitrogens with one attached hydrogen (secondary N) is 2. The molecule has 0 unspecified atom stereocenters. The van der Waals surface area contributed by atoms with Crippen LogP contribution in [0.3, 0.4) is 0 Å². The molecule has 7 heteroatoms. The van der Waals surface area contributed by atoms with Gasteiger partial charge in [0.25, 0.3) is 5.91 Å².